The van der Waals surface area contributed by atoms with Crippen LogP contribution in [0, 0.1) is 0 Å². The van der Waals surface area contributed by atoms with E-state index in [4.69, 9.17) is 16.1 Å². The number of benzene rings is 2. The fraction of sp³-hybridized carbons (Fsp3) is 0.250. The van der Waals surface area contributed by atoms with E-state index in [9.17, 15) is 18.0 Å². The summed E-state index contributed by atoms with van der Waals surface area (Å²) < 4.78 is 43.5. The van der Waals surface area contributed by atoms with Crippen molar-refractivity contribution in [1.29, 1.82) is 0 Å². The van der Waals surface area contributed by atoms with Crippen LogP contribution in [-0.2, 0) is 17.4 Å². The summed E-state index contributed by atoms with van der Waals surface area (Å²) in [5, 5.41) is 7.17. The highest BCUT2D eigenvalue weighted by Gasteiger charge is 2.30. The van der Waals surface area contributed by atoms with E-state index in [-0.39, 0.29) is 42.1 Å². The average Bonchev–Trinajstić information content (AvgIpc) is 3.15. The minimum absolute atomic E-state index is 0.0426. The van der Waals surface area contributed by atoms with Crippen LogP contribution in [0.3, 0.4) is 0 Å². The molecule has 5 nitrogen and oxygen atoms in total. The molecule has 1 amide bonds. The first-order chi connectivity index (χ1) is 13.7. The second-order valence-electron chi connectivity index (χ2n) is 6.43. The summed E-state index contributed by atoms with van der Waals surface area (Å²) >= 11 is 5.85. The first kappa shape index (κ1) is 20.9. The molecule has 29 heavy (non-hydrogen) atoms. The molecule has 1 aromatic heterocycles. The van der Waals surface area contributed by atoms with Crippen molar-refractivity contribution in [2.24, 2.45) is 0 Å². The fourth-order valence-electron chi connectivity index (χ4n) is 2.68. The Morgan fingerprint density at radius 2 is 1.93 bits per heavy atom. The zero-order valence-electron chi connectivity index (χ0n) is 15.3. The molecule has 0 radical (unpaired) electrons. The molecule has 0 saturated carbocycles. The molecular weight excluding hydrogens is 407 g/mol. The van der Waals surface area contributed by atoms with E-state index < -0.39 is 11.7 Å². The van der Waals surface area contributed by atoms with Gasteiger partial charge in [-0.3, -0.25) is 4.79 Å². The Bertz CT molecular complexity index is 987. The van der Waals surface area contributed by atoms with Gasteiger partial charge in [-0.2, -0.15) is 18.2 Å². The van der Waals surface area contributed by atoms with Crippen LogP contribution < -0.4 is 5.32 Å². The van der Waals surface area contributed by atoms with Crippen molar-refractivity contribution in [1.82, 2.24) is 15.5 Å². The Balaban J connectivity index is 1.58. The van der Waals surface area contributed by atoms with E-state index in [0.29, 0.717) is 5.02 Å². The van der Waals surface area contributed by atoms with Crippen LogP contribution in [0.5, 0.6) is 0 Å². The predicted molar refractivity (Wildman–Crippen MR) is 101 cm³/mol. The summed E-state index contributed by atoms with van der Waals surface area (Å²) in [5.74, 6) is -0.000910. The minimum atomic E-state index is -4.46. The van der Waals surface area contributed by atoms with Crippen LogP contribution in [0.15, 0.2) is 53.1 Å². The lowest BCUT2D eigenvalue weighted by molar-refractivity contribution is -0.137. The van der Waals surface area contributed by atoms with Gasteiger partial charge in [0.2, 0.25) is 17.6 Å². The van der Waals surface area contributed by atoms with Gasteiger partial charge in [0.05, 0.1) is 11.6 Å². The predicted octanol–water partition coefficient (Wildman–Crippen LogP) is 5.22. The van der Waals surface area contributed by atoms with Crippen molar-refractivity contribution in [3.63, 3.8) is 0 Å². The number of rotatable bonds is 6. The molecule has 0 aliphatic carbocycles. The van der Waals surface area contributed by atoms with Gasteiger partial charge in [0, 0.05) is 23.4 Å². The lowest BCUT2D eigenvalue weighted by Crippen LogP contribution is -2.26. The molecule has 1 N–H and O–H groups in total. The van der Waals surface area contributed by atoms with E-state index in [1.807, 2.05) is 19.1 Å². The number of amides is 1. The third-order valence-electron chi connectivity index (χ3n) is 4.23. The van der Waals surface area contributed by atoms with Gasteiger partial charge < -0.3 is 9.84 Å². The topological polar surface area (TPSA) is 68.0 Å². The molecule has 0 bridgehead atoms. The molecule has 9 heteroatoms. The maximum Gasteiger partial charge on any atom is 0.416 e. The zero-order valence-corrected chi connectivity index (χ0v) is 16.1. The Kier molecular flexibility index (Phi) is 6.22. The standard InChI is InChI=1S/C20H17ClF3N3O2/c1-12(13-5-7-16(21)8-6-13)25-17(28)9-10-18-26-19(27-29-18)14-3-2-4-15(11-14)20(22,23)24/h2-8,11-12H,9-10H2,1H3,(H,25,28)/t12-/m0/s1. The van der Waals surface area contributed by atoms with Gasteiger partial charge >= 0.3 is 6.18 Å². The molecule has 1 atom stereocenters. The van der Waals surface area contributed by atoms with Gasteiger partial charge in [-0.25, -0.2) is 0 Å². The van der Waals surface area contributed by atoms with Crippen LogP contribution in [0.1, 0.15) is 36.4 Å². The molecule has 0 saturated heterocycles. The number of hydrogen-bond acceptors (Lipinski definition) is 4. The van der Waals surface area contributed by atoms with E-state index in [2.05, 4.69) is 15.5 Å². The van der Waals surface area contributed by atoms with Gasteiger partial charge in [-0.15, -0.1) is 0 Å². The highest BCUT2D eigenvalue weighted by Crippen LogP contribution is 2.31. The normalized spacial score (nSPS) is 12.6. The summed E-state index contributed by atoms with van der Waals surface area (Å²) in [6, 6.07) is 11.6. The van der Waals surface area contributed by atoms with E-state index in [0.717, 1.165) is 17.7 Å². The quantitative estimate of drug-likeness (QED) is 0.590. The number of nitrogens with one attached hydrogen (secondary N) is 1. The molecule has 0 aliphatic rings. The fourth-order valence-corrected chi connectivity index (χ4v) is 2.80. The van der Waals surface area contributed by atoms with Crippen molar-refractivity contribution < 1.29 is 22.5 Å². The first-order valence-corrected chi connectivity index (χ1v) is 9.15. The molecule has 0 unspecified atom stereocenters. The van der Waals surface area contributed by atoms with E-state index in [1.54, 1.807) is 12.1 Å². The highest BCUT2D eigenvalue weighted by atomic mass is 35.5. The van der Waals surface area contributed by atoms with Gasteiger partial charge in [0.25, 0.3) is 0 Å². The Hall–Kier alpha value is -2.87. The molecule has 2 aromatic carbocycles. The Morgan fingerprint density at radius 1 is 1.21 bits per heavy atom. The smallest absolute Gasteiger partial charge is 0.350 e. The number of nitrogens with zero attached hydrogens (tertiary/aromatic N) is 2. The number of hydrogen-bond donors (Lipinski definition) is 1. The largest absolute Gasteiger partial charge is 0.416 e. The average molecular weight is 424 g/mol. The Morgan fingerprint density at radius 3 is 2.62 bits per heavy atom. The van der Waals surface area contributed by atoms with Crippen LogP contribution in [0.2, 0.25) is 5.02 Å². The van der Waals surface area contributed by atoms with Crippen molar-refractivity contribution in [2.45, 2.75) is 32.0 Å². The molecule has 1 heterocycles. The van der Waals surface area contributed by atoms with E-state index in [1.165, 1.54) is 12.1 Å². The first-order valence-electron chi connectivity index (χ1n) is 8.77. The third-order valence-corrected chi connectivity index (χ3v) is 4.48. The molecule has 3 rings (SSSR count). The van der Waals surface area contributed by atoms with Crippen molar-refractivity contribution >= 4 is 17.5 Å². The lowest BCUT2D eigenvalue weighted by atomic mass is 10.1. The maximum atomic E-state index is 12.8. The van der Waals surface area contributed by atoms with Crippen molar-refractivity contribution in [3.8, 4) is 11.4 Å². The SMILES string of the molecule is C[C@H](NC(=O)CCc1nc(-c2cccc(C(F)(F)F)c2)no1)c1ccc(Cl)cc1. The van der Waals surface area contributed by atoms with Crippen LogP contribution in [0.4, 0.5) is 13.2 Å². The Labute approximate surface area is 169 Å². The number of aryl methyl sites for hydroxylation is 1. The maximum absolute atomic E-state index is 12.8. The molecule has 3 aromatic rings. The molecule has 0 fully saturated rings. The zero-order chi connectivity index (χ0) is 21.0. The van der Waals surface area contributed by atoms with Crippen molar-refractivity contribution in [3.05, 3.63) is 70.6 Å². The number of carbonyl (C=O) groups excluding carboxylic acids is 1. The summed E-state index contributed by atoms with van der Waals surface area (Å²) in [4.78, 5) is 16.2. The highest BCUT2D eigenvalue weighted by molar-refractivity contribution is 6.30. The van der Waals surface area contributed by atoms with Crippen LogP contribution in [0.25, 0.3) is 11.4 Å². The summed E-state index contributed by atoms with van der Waals surface area (Å²) in [6.07, 6.45) is -4.19. The van der Waals surface area contributed by atoms with Crippen LogP contribution >= 0.6 is 11.6 Å². The second-order valence-corrected chi connectivity index (χ2v) is 6.87. The second kappa shape index (κ2) is 8.65. The summed E-state index contributed by atoms with van der Waals surface area (Å²) in [6.45, 7) is 1.85. The van der Waals surface area contributed by atoms with Gasteiger partial charge in [-0.05, 0) is 36.8 Å². The lowest BCUT2D eigenvalue weighted by Gasteiger charge is -2.14. The minimum Gasteiger partial charge on any atom is -0.350 e. The third kappa shape index (κ3) is 5.57. The number of alkyl halides is 3. The molecule has 152 valence electrons. The monoisotopic (exact) mass is 423 g/mol. The molecule has 0 aliphatic heterocycles. The molecule has 0 spiro atoms. The van der Waals surface area contributed by atoms with E-state index >= 15 is 0 Å². The summed E-state index contributed by atoms with van der Waals surface area (Å²) in [5.41, 5.74) is 0.305. The number of aromatic nitrogens is 2. The van der Waals surface area contributed by atoms with Gasteiger partial charge in [-0.1, -0.05) is 41.0 Å². The van der Waals surface area contributed by atoms with Crippen LogP contribution in [-0.4, -0.2) is 16.0 Å². The number of halogens is 4. The van der Waals surface area contributed by atoms with Crippen molar-refractivity contribution in [2.75, 3.05) is 0 Å². The summed E-state index contributed by atoms with van der Waals surface area (Å²) in [7, 11) is 0. The van der Waals surface area contributed by atoms with Gasteiger partial charge in [0.15, 0.2) is 0 Å². The van der Waals surface area contributed by atoms with Gasteiger partial charge in [0.1, 0.15) is 0 Å². The number of carbonyl (C=O) groups is 1. The molecular formula is C20H17ClF3N3O2.